The fourth-order valence-electron chi connectivity index (χ4n) is 0.846. The van der Waals surface area contributed by atoms with Crippen molar-refractivity contribution in [2.45, 2.75) is 4.90 Å². The smallest absolute Gasteiger partial charge is 0.145 e. The normalized spacial score (nSPS) is 9.17. The van der Waals surface area contributed by atoms with Crippen LogP contribution in [0, 0.1) is 14.9 Å². The van der Waals surface area contributed by atoms with Crippen LogP contribution in [0.4, 0.5) is 0 Å². The molecular weight excluding hydrogens is 285 g/mol. The van der Waals surface area contributed by atoms with Gasteiger partial charge in [-0.2, -0.15) is 5.26 Å². The van der Waals surface area contributed by atoms with Crippen molar-refractivity contribution in [1.82, 2.24) is 0 Å². The molecule has 0 saturated heterocycles. The molecule has 1 rings (SSSR count). The lowest BCUT2D eigenvalue weighted by molar-refractivity contribution is 0.402. The second-order valence-electron chi connectivity index (χ2n) is 2.12. The fraction of sp³-hybridized carbons (Fsp3) is 0.125. The van der Waals surface area contributed by atoms with Crippen molar-refractivity contribution in [3.8, 4) is 11.8 Å². The average molecular weight is 291 g/mol. The van der Waals surface area contributed by atoms with Crippen molar-refractivity contribution in [2.75, 3.05) is 7.11 Å². The van der Waals surface area contributed by atoms with Crippen LogP contribution in [0.1, 0.15) is 5.56 Å². The molecule has 0 amide bonds. The van der Waals surface area contributed by atoms with Gasteiger partial charge < -0.3 is 4.74 Å². The SMILES string of the molecule is COc1c(S)cc(C#N)cc1I. The number of thiol groups is 1. The summed E-state index contributed by atoms with van der Waals surface area (Å²) in [4.78, 5) is 0.695. The third-order valence-electron chi connectivity index (χ3n) is 1.36. The summed E-state index contributed by atoms with van der Waals surface area (Å²) in [6, 6.07) is 5.50. The van der Waals surface area contributed by atoms with Gasteiger partial charge in [0.1, 0.15) is 5.75 Å². The quantitative estimate of drug-likeness (QED) is 0.637. The Labute approximate surface area is 90.1 Å². The largest absolute Gasteiger partial charge is 0.494 e. The van der Waals surface area contributed by atoms with Crippen LogP contribution in [0.15, 0.2) is 17.0 Å². The van der Waals surface area contributed by atoms with Gasteiger partial charge in [-0.3, -0.25) is 0 Å². The summed E-state index contributed by atoms with van der Waals surface area (Å²) in [5.74, 6) is 0.720. The zero-order valence-corrected chi connectivity index (χ0v) is 9.39. The predicted molar refractivity (Wildman–Crippen MR) is 57.7 cm³/mol. The first-order valence-electron chi connectivity index (χ1n) is 3.15. The Balaban J connectivity index is 3.30. The molecule has 2 nitrogen and oxygen atoms in total. The summed E-state index contributed by atoms with van der Waals surface area (Å²) in [6.45, 7) is 0. The van der Waals surface area contributed by atoms with E-state index < -0.39 is 0 Å². The molecule has 0 aromatic heterocycles. The van der Waals surface area contributed by atoms with Gasteiger partial charge in [0, 0.05) is 4.90 Å². The van der Waals surface area contributed by atoms with Gasteiger partial charge in [-0.25, -0.2) is 0 Å². The van der Waals surface area contributed by atoms with Gasteiger partial charge in [0.05, 0.1) is 22.3 Å². The number of nitriles is 1. The molecule has 0 radical (unpaired) electrons. The van der Waals surface area contributed by atoms with Crippen LogP contribution in [-0.2, 0) is 0 Å². The first-order valence-corrected chi connectivity index (χ1v) is 4.68. The molecule has 0 bridgehead atoms. The van der Waals surface area contributed by atoms with E-state index in [0.717, 1.165) is 9.32 Å². The Morgan fingerprint density at radius 2 is 2.25 bits per heavy atom. The standard InChI is InChI=1S/C8H6INOS/c1-11-8-6(9)2-5(4-10)3-7(8)12/h2-3,12H,1H3. The molecule has 0 heterocycles. The van der Waals surface area contributed by atoms with Crippen LogP contribution in [0.3, 0.4) is 0 Å². The van der Waals surface area contributed by atoms with Crippen LogP contribution in [-0.4, -0.2) is 7.11 Å². The molecule has 12 heavy (non-hydrogen) atoms. The Bertz CT molecular complexity index is 322. The van der Waals surface area contributed by atoms with E-state index >= 15 is 0 Å². The number of hydrogen-bond acceptors (Lipinski definition) is 3. The molecular formula is C8H6INOS. The molecule has 0 N–H and O–H groups in total. The van der Waals surface area contributed by atoms with E-state index in [9.17, 15) is 0 Å². The number of ether oxygens (including phenoxy) is 1. The van der Waals surface area contributed by atoms with E-state index in [0.29, 0.717) is 10.5 Å². The molecule has 1 aromatic rings. The highest BCUT2D eigenvalue weighted by molar-refractivity contribution is 14.1. The summed E-state index contributed by atoms with van der Waals surface area (Å²) in [7, 11) is 1.59. The van der Waals surface area contributed by atoms with Gasteiger partial charge in [0.2, 0.25) is 0 Å². The van der Waals surface area contributed by atoms with E-state index in [4.69, 9.17) is 10.00 Å². The lowest BCUT2D eigenvalue weighted by atomic mass is 10.2. The average Bonchev–Trinajstić information content (AvgIpc) is 2.03. The van der Waals surface area contributed by atoms with Crippen LogP contribution in [0.5, 0.6) is 5.75 Å². The number of nitrogens with zero attached hydrogens (tertiary/aromatic N) is 1. The Morgan fingerprint density at radius 1 is 1.58 bits per heavy atom. The van der Waals surface area contributed by atoms with Gasteiger partial charge in [-0.1, -0.05) is 0 Å². The lowest BCUT2D eigenvalue weighted by Gasteiger charge is -2.05. The van der Waals surface area contributed by atoms with E-state index in [1.165, 1.54) is 0 Å². The third-order valence-corrected chi connectivity index (χ3v) is 2.49. The second kappa shape index (κ2) is 4.01. The minimum atomic E-state index is 0.602. The topological polar surface area (TPSA) is 33.0 Å². The maximum atomic E-state index is 8.62. The third kappa shape index (κ3) is 1.84. The van der Waals surface area contributed by atoms with Crippen molar-refractivity contribution in [1.29, 1.82) is 5.26 Å². The molecule has 0 aliphatic rings. The summed E-state index contributed by atoms with van der Waals surface area (Å²) >= 11 is 6.30. The molecule has 0 unspecified atom stereocenters. The molecule has 0 saturated carbocycles. The highest BCUT2D eigenvalue weighted by atomic mass is 127. The van der Waals surface area contributed by atoms with Crippen LogP contribution < -0.4 is 4.74 Å². The minimum absolute atomic E-state index is 0.602. The Morgan fingerprint density at radius 3 is 2.67 bits per heavy atom. The maximum absolute atomic E-state index is 8.62. The summed E-state index contributed by atoms with van der Waals surface area (Å²) in [6.07, 6.45) is 0. The minimum Gasteiger partial charge on any atom is -0.494 e. The van der Waals surface area contributed by atoms with Gasteiger partial charge in [0.15, 0.2) is 0 Å². The number of hydrogen-bond donors (Lipinski definition) is 1. The summed E-state index contributed by atoms with van der Waals surface area (Å²) in [5.41, 5.74) is 0.602. The number of benzene rings is 1. The molecule has 1 aromatic carbocycles. The first-order chi connectivity index (χ1) is 5.69. The van der Waals surface area contributed by atoms with Crippen LogP contribution in [0.25, 0.3) is 0 Å². The predicted octanol–water partition coefficient (Wildman–Crippen LogP) is 2.46. The fourth-order valence-corrected chi connectivity index (χ4v) is 2.26. The van der Waals surface area contributed by atoms with E-state index in [1.54, 1.807) is 19.2 Å². The molecule has 0 atom stereocenters. The summed E-state index contributed by atoms with van der Waals surface area (Å²) < 4.78 is 5.98. The highest BCUT2D eigenvalue weighted by Crippen LogP contribution is 2.29. The molecule has 62 valence electrons. The van der Waals surface area contributed by atoms with Gasteiger partial charge in [0.25, 0.3) is 0 Å². The summed E-state index contributed by atoms with van der Waals surface area (Å²) in [5, 5.41) is 8.62. The molecule has 0 spiro atoms. The monoisotopic (exact) mass is 291 g/mol. The second-order valence-corrected chi connectivity index (χ2v) is 3.77. The van der Waals surface area contributed by atoms with E-state index in [-0.39, 0.29) is 0 Å². The van der Waals surface area contributed by atoms with Crippen molar-refractivity contribution >= 4 is 35.2 Å². The molecule has 0 aliphatic heterocycles. The van der Waals surface area contributed by atoms with Crippen molar-refractivity contribution in [2.24, 2.45) is 0 Å². The number of rotatable bonds is 1. The van der Waals surface area contributed by atoms with Crippen molar-refractivity contribution in [3.05, 3.63) is 21.3 Å². The van der Waals surface area contributed by atoms with Crippen LogP contribution >= 0.6 is 35.2 Å². The van der Waals surface area contributed by atoms with E-state index in [2.05, 4.69) is 41.3 Å². The number of halogens is 1. The molecule has 4 heteroatoms. The van der Waals surface area contributed by atoms with Crippen LogP contribution in [0.2, 0.25) is 0 Å². The molecule has 0 aliphatic carbocycles. The van der Waals surface area contributed by atoms with Crippen molar-refractivity contribution < 1.29 is 4.74 Å². The Hall–Kier alpha value is -0.410. The van der Waals surface area contributed by atoms with Gasteiger partial charge in [-0.15, -0.1) is 12.6 Å². The van der Waals surface area contributed by atoms with E-state index in [1.807, 2.05) is 0 Å². The van der Waals surface area contributed by atoms with Crippen molar-refractivity contribution in [3.63, 3.8) is 0 Å². The lowest BCUT2D eigenvalue weighted by Crippen LogP contribution is -1.89. The highest BCUT2D eigenvalue weighted by Gasteiger charge is 2.05. The Kier molecular flexibility index (Phi) is 3.23. The first kappa shape index (κ1) is 9.68. The zero-order chi connectivity index (χ0) is 9.14. The molecule has 0 fully saturated rings. The number of methoxy groups -OCH3 is 1. The zero-order valence-electron chi connectivity index (χ0n) is 6.34. The van der Waals surface area contributed by atoms with Gasteiger partial charge in [-0.05, 0) is 34.7 Å². The maximum Gasteiger partial charge on any atom is 0.145 e. The van der Waals surface area contributed by atoms with Gasteiger partial charge >= 0.3 is 0 Å².